The van der Waals surface area contributed by atoms with Crippen LogP contribution in [0.5, 0.6) is 5.75 Å². The van der Waals surface area contributed by atoms with Crippen molar-refractivity contribution in [2.75, 3.05) is 18.4 Å². The Labute approximate surface area is 251 Å². The molecule has 4 amide bonds. The normalized spacial score (nSPS) is 28.5. The molecule has 0 aromatic carbocycles. The van der Waals surface area contributed by atoms with E-state index >= 15 is 0 Å². The number of rotatable bonds is 4. The van der Waals surface area contributed by atoms with Crippen molar-refractivity contribution < 1.29 is 28.7 Å². The first-order valence-electron chi connectivity index (χ1n) is 15.4. The number of nitrogens with one attached hydrogen (secondary N) is 2. The molecule has 4 heterocycles. The molecule has 0 unspecified atom stereocenters. The Morgan fingerprint density at radius 1 is 1.19 bits per heavy atom. The van der Waals surface area contributed by atoms with Gasteiger partial charge in [0, 0.05) is 19.2 Å². The van der Waals surface area contributed by atoms with E-state index in [0.29, 0.717) is 24.5 Å². The number of hydrogen-bond donors (Lipinski definition) is 2. The number of carbonyl (C=O) groups excluding carboxylic acids is 4. The highest BCUT2D eigenvalue weighted by molar-refractivity contribution is 6.01. The lowest BCUT2D eigenvalue weighted by atomic mass is 9.82. The monoisotopic (exact) mass is 592 g/mol. The van der Waals surface area contributed by atoms with E-state index in [2.05, 4.69) is 21.7 Å². The van der Waals surface area contributed by atoms with Crippen LogP contribution in [0.25, 0.3) is 0 Å². The van der Waals surface area contributed by atoms with E-state index < -0.39 is 41.1 Å². The van der Waals surface area contributed by atoms with Gasteiger partial charge in [-0.15, -0.1) is 0 Å². The van der Waals surface area contributed by atoms with Crippen molar-refractivity contribution in [2.45, 2.75) is 108 Å². The van der Waals surface area contributed by atoms with Crippen molar-refractivity contribution in [1.82, 2.24) is 20.1 Å². The third kappa shape index (κ3) is 5.50. The Hall–Kier alpha value is -3.88. The van der Waals surface area contributed by atoms with Crippen molar-refractivity contribution in [2.24, 2.45) is 10.8 Å². The summed E-state index contributed by atoms with van der Waals surface area (Å²) in [5.41, 5.74) is -2.10. The summed E-state index contributed by atoms with van der Waals surface area (Å²) in [6.07, 6.45) is 7.62. The Morgan fingerprint density at radius 2 is 1.93 bits per heavy atom. The summed E-state index contributed by atoms with van der Waals surface area (Å²) in [6, 6.07) is 2.91. The highest BCUT2D eigenvalue weighted by atomic mass is 16.6. The lowest BCUT2D eigenvalue weighted by molar-refractivity contribution is -0.152. The summed E-state index contributed by atoms with van der Waals surface area (Å²) < 4.78 is 11.8. The molecule has 1 aromatic rings. The van der Waals surface area contributed by atoms with Crippen LogP contribution >= 0.6 is 0 Å². The van der Waals surface area contributed by atoms with Crippen LogP contribution in [-0.2, 0) is 19.1 Å². The summed E-state index contributed by atoms with van der Waals surface area (Å²) >= 11 is 0. The second kappa shape index (κ2) is 10.7. The van der Waals surface area contributed by atoms with E-state index in [9.17, 15) is 24.4 Å². The Balaban J connectivity index is 1.24. The van der Waals surface area contributed by atoms with Gasteiger partial charge in [0.05, 0.1) is 12.6 Å². The van der Waals surface area contributed by atoms with E-state index in [4.69, 9.17) is 9.47 Å². The molecule has 2 N–H and O–H groups in total. The van der Waals surface area contributed by atoms with Crippen LogP contribution in [0.3, 0.4) is 0 Å². The second-order valence-electron chi connectivity index (χ2n) is 14.0. The maximum absolute atomic E-state index is 14.4. The van der Waals surface area contributed by atoms with Crippen LogP contribution in [0.1, 0.15) is 78.6 Å². The summed E-state index contributed by atoms with van der Waals surface area (Å²) in [5, 5.41) is 15.7. The number of amides is 4. The van der Waals surface area contributed by atoms with E-state index in [0.717, 1.165) is 44.9 Å². The van der Waals surface area contributed by atoms with Crippen LogP contribution < -0.4 is 15.4 Å². The molecule has 3 aliphatic heterocycles. The Kier molecular flexibility index (Phi) is 7.26. The smallest absolute Gasteiger partial charge is 0.408 e. The fourth-order valence-electron chi connectivity index (χ4n) is 7.07. The molecule has 6 rings (SSSR count). The number of fused-ring (bicyclic) bond motifs is 1. The lowest BCUT2D eigenvalue weighted by Gasteiger charge is -2.44. The third-order valence-electron chi connectivity index (χ3n) is 9.84. The zero-order chi connectivity index (χ0) is 30.6. The predicted molar refractivity (Wildman–Crippen MR) is 153 cm³/mol. The Morgan fingerprint density at radius 3 is 2.60 bits per heavy atom. The molecule has 4 atom stereocenters. The van der Waals surface area contributed by atoms with Gasteiger partial charge in [-0.2, -0.15) is 5.26 Å². The van der Waals surface area contributed by atoms with Gasteiger partial charge in [-0.1, -0.05) is 20.8 Å². The fourth-order valence-corrected chi connectivity index (χ4v) is 7.07. The van der Waals surface area contributed by atoms with E-state index in [-0.39, 0.29) is 36.3 Å². The zero-order valence-corrected chi connectivity index (χ0v) is 25.1. The van der Waals surface area contributed by atoms with Crippen molar-refractivity contribution in [3.05, 3.63) is 18.3 Å². The number of likely N-dealkylation sites (tertiary alicyclic amines) is 2. The molecule has 5 aliphatic rings. The van der Waals surface area contributed by atoms with E-state index in [1.165, 1.54) is 4.90 Å². The molecule has 2 aliphatic carbocycles. The molecule has 2 saturated heterocycles. The van der Waals surface area contributed by atoms with Crippen molar-refractivity contribution in [3.63, 3.8) is 0 Å². The summed E-state index contributed by atoms with van der Waals surface area (Å²) in [5.74, 6) is -0.509. The molecular weight excluding hydrogens is 552 g/mol. The highest BCUT2D eigenvalue weighted by Crippen LogP contribution is 2.55. The molecule has 4 fully saturated rings. The van der Waals surface area contributed by atoms with Gasteiger partial charge in [0.25, 0.3) is 5.91 Å². The molecule has 0 bridgehead atoms. The number of aromatic nitrogens is 1. The van der Waals surface area contributed by atoms with Crippen molar-refractivity contribution >= 4 is 29.6 Å². The number of carbonyl (C=O) groups is 4. The highest BCUT2D eigenvalue weighted by Gasteiger charge is 2.59. The number of hydrogen-bond acceptors (Lipinski definition) is 8. The maximum atomic E-state index is 14.4. The number of piperidine rings is 1. The fraction of sp³-hybridized carbons (Fsp3) is 0.677. The average Bonchev–Trinajstić information content (AvgIpc) is 3.34. The summed E-state index contributed by atoms with van der Waals surface area (Å²) in [6.45, 7) is 5.86. The molecule has 12 heteroatoms. The summed E-state index contributed by atoms with van der Waals surface area (Å²) in [4.78, 5) is 61.9. The minimum Gasteiger partial charge on any atom is -0.472 e. The zero-order valence-electron chi connectivity index (χ0n) is 25.1. The van der Waals surface area contributed by atoms with Gasteiger partial charge in [0.1, 0.15) is 24.2 Å². The number of ether oxygens (including phenoxy) is 2. The van der Waals surface area contributed by atoms with Gasteiger partial charge in [0.15, 0.2) is 11.6 Å². The minimum absolute atomic E-state index is 0.000393. The van der Waals surface area contributed by atoms with E-state index in [1.807, 2.05) is 20.8 Å². The Bertz CT molecular complexity index is 1360. The van der Waals surface area contributed by atoms with Gasteiger partial charge in [0.2, 0.25) is 17.4 Å². The number of anilines is 1. The first kappa shape index (κ1) is 29.2. The minimum atomic E-state index is -1.44. The molecule has 12 nitrogen and oxygen atoms in total. The van der Waals surface area contributed by atoms with Crippen molar-refractivity contribution in [3.8, 4) is 11.8 Å². The molecule has 43 heavy (non-hydrogen) atoms. The van der Waals surface area contributed by atoms with Gasteiger partial charge in [-0.25, -0.2) is 9.78 Å². The molecule has 2 saturated carbocycles. The van der Waals surface area contributed by atoms with Gasteiger partial charge >= 0.3 is 6.09 Å². The lowest BCUT2D eigenvalue weighted by Crippen LogP contribution is -2.62. The first-order chi connectivity index (χ1) is 20.4. The summed E-state index contributed by atoms with van der Waals surface area (Å²) in [7, 11) is 0. The van der Waals surface area contributed by atoms with Crippen molar-refractivity contribution in [1.29, 1.82) is 5.26 Å². The molecular formula is C31H40N6O6. The van der Waals surface area contributed by atoms with Crippen LogP contribution in [0, 0.1) is 22.2 Å². The largest absolute Gasteiger partial charge is 0.472 e. The topological polar surface area (TPSA) is 154 Å². The maximum Gasteiger partial charge on any atom is 0.408 e. The quantitative estimate of drug-likeness (QED) is 0.541. The van der Waals surface area contributed by atoms with Gasteiger partial charge < -0.3 is 29.9 Å². The number of nitrogens with zero attached hydrogens (tertiary/aromatic N) is 4. The predicted octanol–water partition coefficient (Wildman–Crippen LogP) is 3.13. The third-order valence-corrected chi connectivity index (χ3v) is 9.84. The SMILES string of the molecule is CC(C)(C)[C@H](NC(=O)OC1CCCC1)C(=O)N1CCC2(CC2)C[C@H]1C(=O)N1C[C@@]2(C[C@H]1C#N)Oc1cccnc1NC2=O. The van der Waals surface area contributed by atoms with E-state index in [1.54, 1.807) is 23.2 Å². The van der Waals surface area contributed by atoms with Gasteiger partial charge in [-0.05, 0) is 74.3 Å². The number of alkyl carbamates (subject to hydrolysis) is 1. The van der Waals surface area contributed by atoms with Gasteiger partial charge in [-0.3, -0.25) is 14.4 Å². The standard InChI is InChI=1S/C31H40N6O6/c1-29(2,3)23(34-28(41)42-20-7-4-5-8-20)26(39)36-14-12-30(10-11-30)16-21(36)25(38)37-18-31(15-19(37)17-32)27(40)35-24-22(43-31)9-6-13-33-24/h6,9,13,19-21,23H,4-5,7-8,10-12,14-16,18H2,1-3H3,(H,34,41)(H,33,35,40)/t19-,21-,23+,31+/m0/s1. The van der Waals surface area contributed by atoms with Crippen LogP contribution in [0.15, 0.2) is 18.3 Å². The van der Waals surface area contributed by atoms with Crippen LogP contribution in [0.2, 0.25) is 0 Å². The number of pyridine rings is 1. The second-order valence-corrected chi connectivity index (χ2v) is 14.0. The molecule has 1 aromatic heterocycles. The number of nitriles is 1. The average molecular weight is 593 g/mol. The first-order valence-corrected chi connectivity index (χ1v) is 15.4. The van der Waals surface area contributed by atoms with Crippen LogP contribution in [0.4, 0.5) is 10.6 Å². The molecule has 2 spiro atoms. The molecule has 0 radical (unpaired) electrons. The van der Waals surface area contributed by atoms with Crippen LogP contribution in [-0.4, -0.2) is 81.5 Å². The molecule has 230 valence electrons.